The average molecular weight is 325 g/mol. The van der Waals surface area contributed by atoms with Gasteiger partial charge in [0.05, 0.1) is 13.2 Å². The lowest BCUT2D eigenvalue weighted by atomic mass is 10.1. The van der Waals surface area contributed by atoms with Gasteiger partial charge in [0.2, 0.25) is 0 Å². The predicted molar refractivity (Wildman–Crippen MR) is 95.9 cm³/mol. The van der Waals surface area contributed by atoms with Crippen molar-refractivity contribution in [2.24, 2.45) is 0 Å². The zero-order chi connectivity index (χ0) is 17.1. The number of carbonyl (C=O) groups excluding carboxylic acids is 1. The SMILES string of the molecule is Cc1ccc(N2CCOCC2)cc1NC(=O)c1ccc(C)c(C)n1. The number of nitrogens with zero attached hydrogens (tertiary/aromatic N) is 2. The number of carbonyl (C=O) groups is 1. The van der Waals surface area contributed by atoms with Crippen LogP contribution in [0.5, 0.6) is 0 Å². The second kappa shape index (κ2) is 7.01. The fourth-order valence-electron chi connectivity index (χ4n) is 2.71. The highest BCUT2D eigenvalue weighted by molar-refractivity contribution is 6.03. The quantitative estimate of drug-likeness (QED) is 0.942. The van der Waals surface area contributed by atoms with E-state index in [4.69, 9.17) is 4.74 Å². The first-order valence-corrected chi connectivity index (χ1v) is 8.23. The predicted octanol–water partition coefficient (Wildman–Crippen LogP) is 3.10. The molecule has 1 fully saturated rings. The fraction of sp³-hybridized carbons (Fsp3) is 0.368. The highest BCUT2D eigenvalue weighted by atomic mass is 16.5. The Kier molecular flexibility index (Phi) is 4.81. The number of rotatable bonds is 3. The molecule has 0 bridgehead atoms. The minimum atomic E-state index is -0.180. The summed E-state index contributed by atoms with van der Waals surface area (Å²) in [5, 5.41) is 2.99. The van der Waals surface area contributed by atoms with E-state index < -0.39 is 0 Å². The number of hydrogen-bond acceptors (Lipinski definition) is 4. The van der Waals surface area contributed by atoms with Gasteiger partial charge < -0.3 is 15.0 Å². The Bertz CT molecular complexity index is 752. The molecule has 1 aliphatic heterocycles. The molecular formula is C19H23N3O2. The molecule has 0 atom stereocenters. The van der Waals surface area contributed by atoms with Crippen molar-refractivity contribution < 1.29 is 9.53 Å². The van der Waals surface area contributed by atoms with E-state index in [-0.39, 0.29) is 5.91 Å². The van der Waals surface area contributed by atoms with Gasteiger partial charge in [-0.3, -0.25) is 4.79 Å². The van der Waals surface area contributed by atoms with Gasteiger partial charge in [-0.1, -0.05) is 12.1 Å². The van der Waals surface area contributed by atoms with Crippen LogP contribution in [-0.2, 0) is 4.74 Å². The van der Waals surface area contributed by atoms with Crippen molar-refractivity contribution in [3.05, 3.63) is 52.8 Å². The number of benzene rings is 1. The van der Waals surface area contributed by atoms with E-state index in [1.807, 2.05) is 39.0 Å². The maximum Gasteiger partial charge on any atom is 0.274 e. The highest BCUT2D eigenvalue weighted by Crippen LogP contribution is 2.24. The number of aryl methyl sites for hydroxylation is 3. The minimum Gasteiger partial charge on any atom is -0.378 e. The van der Waals surface area contributed by atoms with Gasteiger partial charge in [0.1, 0.15) is 5.69 Å². The molecule has 24 heavy (non-hydrogen) atoms. The molecule has 126 valence electrons. The normalized spacial score (nSPS) is 14.5. The Morgan fingerprint density at radius 2 is 1.79 bits per heavy atom. The Labute approximate surface area is 142 Å². The molecule has 1 aromatic heterocycles. The lowest BCUT2D eigenvalue weighted by Gasteiger charge is -2.29. The molecule has 0 unspecified atom stereocenters. The number of ether oxygens (including phenoxy) is 1. The summed E-state index contributed by atoms with van der Waals surface area (Å²) in [7, 11) is 0. The Hall–Kier alpha value is -2.40. The van der Waals surface area contributed by atoms with Crippen LogP contribution in [0.15, 0.2) is 30.3 Å². The molecule has 1 amide bonds. The van der Waals surface area contributed by atoms with Crippen LogP contribution in [0, 0.1) is 20.8 Å². The summed E-state index contributed by atoms with van der Waals surface area (Å²) in [6.45, 7) is 9.11. The summed E-state index contributed by atoms with van der Waals surface area (Å²) in [5.41, 5.74) is 5.35. The molecule has 1 aliphatic rings. The van der Waals surface area contributed by atoms with E-state index in [9.17, 15) is 4.79 Å². The molecule has 1 N–H and O–H groups in total. The smallest absolute Gasteiger partial charge is 0.274 e. The molecule has 5 nitrogen and oxygen atoms in total. The molecule has 2 heterocycles. The van der Waals surface area contributed by atoms with Crippen LogP contribution >= 0.6 is 0 Å². The molecule has 0 aliphatic carbocycles. The first-order valence-electron chi connectivity index (χ1n) is 8.23. The van der Waals surface area contributed by atoms with E-state index in [1.54, 1.807) is 6.07 Å². The maximum absolute atomic E-state index is 12.5. The van der Waals surface area contributed by atoms with Crippen molar-refractivity contribution >= 4 is 17.3 Å². The second-order valence-electron chi connectivity index (χ2n) is 6.15. The van der Waals surface area contributed by atoms with Crippen molar-refractivity contribution in [3.63, 3.8) is 0 Å². The van der Waals surface area contributed by atoms with Crippen LogP contribution in [-0.4, -0.2) is 37.2 Å². The van der Waals surface area contributed by atoms with Gasteiger partial charge in [0.15, 0.2) is 0 Å². The summed E-state index contributed by atoms with van der Waals surface area (Å²) in [6.07, 6.45) is 0. The molecule has 1 aromatic carbocycles. The van der Waals surface area contributed by atoms with E-state index >= 15 is 0 Å². The topological polar surface area (TPSA) is 54.5 Å². The molecule has 0 radical (unpaired) electrons. The lowest BCUT2D eigenvalue weighted by Crippen LogP contribution is -2.36. The number of aromatic nitrogens is 1. The summed E-state index contributed by atoms with van der Waals surface area (Å²) < 4.78 is 5.40. The standard InChI is InChI=1S/C19H23N3O2/c1-13-5-7-17(20-15(13)3)19(23)21-18-12-16(6-4-14(18)2)22-8-10-24-11-9-22/h4-7,12H,8-11H2,1-3H3,(H,21,23). The number of anilines is 2. The summed E-state index contributed by atoms with van der Waals surface area (Å²) in [4.78, 5) is 19.2. The van der Waals surface area contributed by atoms with Gasteiger partial charge in [-0.05, 0) is 50.1 Å². The van der Waals surface area contributed by atoms with Gasteiger partial charge in [0.25, 0.3) is 5.91 Å². The molecular weight excluding hydrogens is 302 g/mol. The Balaban J connectivity index is 1.80. The zero-order valence-corrected chi connectivity index (χ0v) is 14.4. The van der Waals surface area contributed by atoms with E-state index in [2.05, 4.69) is 21.3 Å². The average Bonchev–Trinajstić information content (AvgIpc) is 2.60. The van der Waals surface area contributed by atoms with Crippen LogP contribution in [0.4, 0.5) is 11.4 Å². The van der Waals surface area contributed by atoms with Gasteiger partial charge in [-0.2, -0.15) is 0 Å². The number of hydrogen-bond donors (Lipinski definition) is 1. The third kappa shape index (κ3) is 3.57. The van der Waals surface area contributed by atoms with E-state index in [0.717, 1.165) is 54.5 Å². The van der Waals surface area contributed by atoms with E-state index in [0.29, 0.717) is 5.69 Å². The Morgan fingerprint density at radius 1 is 1.08 bits per heavy atom. The van der Waals surface area contributed by atoms with Gasteiger partial charge in [-0.25, -0.2) is 4.98 Å². The van der Waals surface area contributed by atoms with Crippen LogP contribution in [0.2, 0.25) is 0 Å². The third-order valence-electron chi connectivity index (χ3n) is 4.43. The molecule has 5 heteroatoms. The summed E-state index contributed by atoms with van der Waals surface area (Å²) >= 11 is 0. The molecule has 0 saturated carbocycles. The number of morpholine rings is 1. The van der Waals surface area contributed by atoms with Gasteiger partial charge in [-0.15, -0.1) is 0 Å². The van der Waals surface area contributed by atoms with Gasteiger partial charge >= 0.3 is 0 Å². The van der Waals surface area contributed by atoms with Gasteiger partial charge in [0, 0.05) is 30.2 Å². The monoisotopic (exact) mass is 325 g/mol. The van der Waals surface area contributed by atoms with Crippen LogP contribution in [0.25, 0.3) is 0 Å². The Morgan fingerprint density at radius 3 is 2.50 bits per heavy atom. The van der Waals surface area contributed by atoms with Crippen molar-refractivity contribution in [2.45, 2.75) is 20.8 Å². The first kappa shape index (κ1) is 16.5. The maximum atomic E-state index is 12.5. The fourth-order valence-corrected chi connectivity index (χ4v) is 2.71. The third-order valence-corrected chi connectivity index (χ3v) is 4.43. The number of pyridine rings is 1. The zero-order valence-electron chi connectivity index (χ0n) is 14.4. The van der Waals surface area contributed by atoms with Crippen molar-refractivity contribution in [2.75, 3.05) is 36.5 Å². The number of amides is 1. The summed E-state index contributed by atoms with van der Waals surface area (Å²) in [5.74, 6) is -0.180. The largest absolute Gasteiger partial charge is 0.378 e. The van der Waals surface area contributed by atoms with Crippen LogP contribution in [0.1, 0.15) is 27.3 Å². The second-order valence-corrected chi connectivity index (χ2v) is 6.15. The van der Waals surface area contributed by atoms with Crippen molar-refractivity contribution in [1.29, 1.82) is 0 Å². The highest BCUT2D eigenvalue weighted by Gasteiger charge is 2.14. The van der Waals surface area contributed by atoms with Crippen molar-refractivity contribution in [1.82, 2.24) is 4.98 Å². The molecule has 3 rings (SSSR count). The number of nitrogens with one attached hydrogen (secondary N) is 1. The van der Waals surface area contributed by atoms with E-state index in [1.165, 1.54) is 0 Å². The molecule has 2 aromatic rings. The first-order chi connectivity index (χ1) is 11.5. The summed E-state index contributed by atoms with van der Waals surface area (Å²) in [6, 6.07) is 9.84. The minimum absolute atomic E-state index is 0.180. The lowest BCUT2D eigenvalue weighted by molar-refractivity contribution is 0.102. The van der Waals surface area contributed by atoms with Crippen LogP contribution < -0.4 is 10.2 Å². The van der Waals surface area contributed by atoms with Crippen molar-refractivity contribution in [3.8, 4) is 0 Å². The molecule has 0 spiro atoms. The molecule has 1 saturated heterocycles. The van der Waals surface area contributed by atoms with Crippen LogP contribution in [0.3, 0.4) is 0 Å².